The highest BCUT2D eigenvalue weighted by molar-refractivity contribution is 5.94. The lowest BCUT2D eigenvalue weighted by Crippen LogP contribution is -2.30. The molecule has 1 aliphatic rings. The molecule has 6 heteroatoms. The summed E-state index contributed by atoms with van der Waals surface area (Å²) < 4.78 is 6.09. The Hall–Kier alpha value is -3.15. The van der Waals surface area contributed by atoms with E-state index in [4.69, 9.17) is 4.42 Å². The molecular weight excluding hydrogens is 388 g/mol. The number of nitrogens with one attached hydrogen (secondary N) is 1. The van der Waals surface area contributed by atoms with Gasteiger partial charge in [-0.05, 0) is 44.4 Å². The number of anilines is 1. The Morgan fingerprint density at radius 1 is 1.00 bits per heavy atom. The second kappa shape index (κ2) is 9.77. The molecule has 0 unspecified atom stereocenters. The number of hydrogen-bond acceptors (Lipinski definition) is 5. The zero-order valence-electron chi connectivity index (χ0n) is 18.3. The molecule has 4 rings (SSSR count). The van der Waals surface area contributed by atoms with Crippen molar-refractivity contribution in [2.24, 2.45) is 0 Å². The van der Waals surface area contributed by atoms with Crippen LogP contribution in [0.4, 0.5) is 6.01 Å². The Labute approximate surface area is 183 Å². The second-order valence-electron chi connectivity index (χ2n) is 8.42. The Morgan fingerprint density at radius 2 is 1.68 bits per heavy atom. The van der Waals surface area contributed by atoms with E-state index in [1.165, 1.54) is 12.8 Å². The van der Waals surface area contributed by atoms with Crippen LogP contribution < -0.4 is 10.2 Å². The molecule has 0 saturated carbocycles. The summed E-state index contributed by atoms with van der Waals surface area (Å²) in [6.45, 7) is 5.85. The van der Waals surface area contributed by atoms with Gasteiger partial charge in [0, 0.05) is 25.1 Å². The van der Waals surface area contributed by atoms with Crippen molar-refractivity contribution in [2.45, 2.75) is 52.0 Å². The van der Waals surface area contributed by atoms with E-state index in [9.17, 15) is 4.79 Å². The predicted octanol–water partition coefficient (Wildman–Crippen LogP) is 4.78. The van der Waals surface area contributed by atoms with E-state index in [1.54, 1.807) is 0 Å². The topological polar surface area (TPSA) is 71.3 Å². The van der Waals surface area contributed by atoms with E-state index in [2.05, 4.69) is 26.5 Å². The van der Waals surface area contributed by atoms with Gasteiger partial charge in [0.1, 0.15) is 6.04 Å². The molecule has 1 amide bonds. The average Bonchev–Trinajstić information content (AvgIpc) is 3.09. The Morgan fingerprint density at radius 3 is 2.35 bits per heavy atom. The molecule has 162 valence electrons. The summed E-state index contributed by atoms with van der Waals surface area (Å²) in [5.41, 5.74) is 3.86. The third-order valence-electron chi connectivity index (χ3n) is 5.68. The van der Waals surface area contributed by atoms with Gasteiger partial charge in [-0.1, -0.05) is 65.5 Å². The maximum absolute atomic E-state index is 13.1. The average molecular weight is 419 g/mol. The minimum atomic E-state index is -0.399. The van der Waals surface area contributed by atoms with Crippen molar-refractivity contribution in [1.29, 1.82) is 0 Å². The minimum Gasteiger partial charge on any atom is -0.406 e. The lowest BCUT2D eigenvalue weighted by atomic mass is 10.0. The van der Waals surface area contributed by atoms with Crippen molar-refractivity contribution in [3.63, 3.8) is 0 Å². The van der Waals surface area contributed by atoms with Gasteiger partial charge in [-0.15, -0.1) is 5.10 Å². The first-order valence-corrected chi connectivity index (χ1v) is 11.1. The quantitative estimate of drug-likeness (QED) is 0.624. The predicted molar refractivity (Wildman–Crippen MR) is 121 cm³/mol. The van der Waals surface area contributed by atoms with E-state index >= 15 is 0 Å². The first-order chi connectivity index (χ1) is 15.1. The van der Waals surface area contributed by atoms with Crippen molar-refractivity contribution in [1.82, 2.24) is 15.5 Å². The number of rotatable bonds is 6. The maximum Gasteiger partial charge on any atom is 0.318 e. The molecule has 0 aliphatic carbocycles. The summed E-state index contributed by atoms with van der Waals surface area (Å²) in [5.74, 6) is 0.308. The zero-order chi connectivity index (χ0) is 21.6. The van der Waals surface area contributed by atoms with Crippen molar-refractivity contribution in [2.75, 3.05) is 18.0 Å². The van der Waals surface area contributed by atoms with Crippen LogP contribution in [0.5, 0.6) is 0 Å². The highest BCUT2D eigenvalue weighted by Gasteiger charge is 2.24. The first kappa shape index (κ1) is 21.1. The molecular formula is C25H30N4O2. The van der Waals surface area contributed by atoms with Gasteiger partial charge < -0.3 is 14.6 Å². The number of hydrogen-bond donors (Lipinski definition) is 1. The maximum atomic E-state index is 13.1. The number of benzene rings is 2. The smallest absolute Gasteiger partial charge is 0.318 e. The second-order valence-corrected chi connectivity index (χ2v) is 8.42. The molecule has 0 bridgehead atoms. The number of aromatic nitrogens is 2. The molecule has 31 heavy (non-hydrogen) atoms. The summed E-state index contributed by atoms with van der Waals surface area (Å²) in [4.78, 5) is 15.2. The molecule has 2 aromatic carbocycles. The SMILES string of the molecule is Cc1cc(C)cc(C(=O)N[C@H](Cc2ccccc2)c2nnc(N3CCCCCC3)o2)c1. The van der Waals surface area contributed by atoms with Crippen molar-refractivity contribution >= 4 is 11.9 Å². The minimum absolute atomic E-state index is 0.137. The summed E-state index contributed by atoms with van der Waals surface area (Å²) in [6.07, 6.45) is 5.32. The highest BCUT2D eigenvalue weighted by Crippen LogP contribution is 2.24. The van der Waals surface area contributed by atoms with Gasteiger partial charge in [-0.2, -0.15) is 0 Å². The van der Waals surface area contributed by atoms with Crippen LogP contribution in [0.2, 0.25) is 0 Å². The summed E-state index contributed by atoms with van der Waals surface area (Å²) in [6, 6.07) is 16.1. The van der Waals surface area contributed by atoms with E-state index in [0.29, 0.717) is 23.9 Å². The molecule has 1 atom stereocenters. The van der Waals surface area contributed by atoms with Crippen LogP contribution in [-0.2, 0) is 6.42 Å². The van der Waals surface area contributed by atoms with Gasteiger partial charge in [-0.25, -0.2) is 0 Å². The van der Waals surface area contributed by atoms with Crippen LogP contribution in [0, 0.1) is 13.8 Å². The Balaban J connectivity index is 1.57. The van der Waals surface area contributed by atoms with E-state index in [1.807, 2.05) is 56.3 Å². The van der Waals surface area contributed by atoms with Gasteiger partial charge in [-0.3, -0.25) is 4.79 Å². The van der Waals surface area contributed by atoms with Gasteiger partial charge in [0.15, 0.2) is 0 Å². The largest absolute Gasteiger partial charge is 0.406 e. The lowest BCUT2D eigenvalue weighted by molar-refractivity contribution is 0.0930. The van der Waals surface area contributed by atoms with Crippen LogP contribution >= 0.6 is 0 Å². The van der Waals surface area contributed by atoms with Gasteiger partial charge in [0.25, 0.3) is 5.91 Å². The molecule has 3 aromatic rings. The molecule has 0 radical (unpaired) electrons. The fraction of sp³-hybridized carbons (Fsp3) is 0.400. The molecule has 1 aliphatic heterocycles. The standard InChI is InChI=1S/C25H30N4O2/c1-18-14-19(2)16-21(15-18)23(30)26-22(17-20-10-6-5-7-11-20)24-27-28-25(31-24)29-12-8-3-4-9-13-29/h5-7,10-11,14-16,22H,3-4,8-9,12-13,17H2,1-2H3,(H,26,30)/t22-/m1/s1. The first-order valence-electron chi connectivity index (χ1n) is 11.1. The third kappa shape index (κ3) is 5.51. The molecule has 1 saturated heterocycles. The number of nitrogens with zero attached hydrogens (tertiary/aromatic N) is 3. The van der Waals surface area contributed by atoms with Gasteiger partial charge in [0.05, 0.1) is 0 Å². The molecule has 6 nitrogen and oxygen atoms in total. The van der Waals surface area contributed by atoms with Crippen LogP contribution in [0.25, 0.3) is 0 Å². The molecule has 1 N–H and O–H groups in total. The summed E-state index contributed by atoms with van der Waals surface area (Å²) >= 11 is 0. The van der Waals surface area contributed by atoms with E-state index < -0.39 is 6.04 Å². The van der Waals surface area contributed by atoms with Gasteiger partial charge >= 0.3 is 6.01 Å². The number of aryl methyl sites for hydroxylation is 2. The molecule has 2 heterocycles. The monoisotopic (exact) mass is 418 g/mol. The summed E-state index contributed by atoms with van der Waals surface area (Å²) in [7, 11) is 0. The van der Waals surface area contributed by atoms with Crippen molar-refractivity contribution in [3.05, 3.63) is 76.7 Å². The normalized spacial score (nSPS) is 15.4. The fourth-order valence-corrected chi connectivity index (χ4v) is 4.15. The molecule has 0 spiro atoms. The van der Waals surface area contributed by atoms with Crippen LogP contribution in [0.1, 0.15) is 64.7 Å². The number of amides is 1. The van der Waals surface area contributed by atoms with Crippen LogP contribution in [0.3, 0.4) is 0 Å². The van der Waals surface area contributed by atoms with Crippen molar-refractivity contribution in [3.8, 4) is 0 Å². The number of carbonyl (C=O) groups excluding carboxylic acids is 1. The number of carbonyl (C=O) groups is 1. The van der Waals surface area contributed by atoms with Crippen molar-refractivity contribution < 1.29 is 9.21 Å². The zero-order valence-corrected chi connectivity index (χ0v) is 18.3. The van der Waals surface area contributed by atoms with Crippen LogP contribution in [0.15, 0.2) is 52.9 Å². The lowest BCUT2D eigenvalue weighted by Gasteiger charge is -2.18. The van der Waals surface area contributed by atoms with E-state index in [-0.39, 0.29) is 5.91 Å². The highest BCUT2D eigenvalue weighted by atomic mass is 16.4. The van der Waals surface area contributed by atoms with Gasteiger partial charge in [0.2, 0.25) is 5.89 Å². The molecule has 1 fully saturated rings. The Kier molecular flexibility index (Phi) is 6.65. The Bertz CT molecular complexity index is 987. The molecule has 1 aromatic heterocycles. The van der Waals surface area contributed by atoms with E-state index in [0.717, 1.165) is 42.6 Å². The summed E-state index contributed by atoms with van der Waals surface area (Å²) in [5, 5.41) is 11.8. The third-order valence-corrected chi connectivity index (χ3v) is 5.68. The van der Waals surface area contributed by atoms with Crippen LogP contribution in [-0.4, -0.2) is 29.2 Å². The fourth-order valence-electron chi connectivity index (χ4n) is 4.15.